The molecule has 0 radical (unpaired) electrons. The quantitative estimate of drug-likeness (QED) is 0.436. The molecule has 0 saturated heterocycles. The molecule has 1 aromatic carbocycles. The van der Waals surface area contributed by atoms with E-state index < -0.39 is 0 Å². The fourth-order valence-electron chi connectivity index (χ4n) is 3.44. The number of Topliss-reactive ketones (excluding diaryl/α,β-unsaturated/α-hetero) is 1. The number of hydrogen-bond acceptors (Lipinski definition) is 5. The minimum absolute atomic E-state index is 0.0222. The average Bonchev–Trinajstić information content (AvgIpc) is 3.41. The molecule has 0 aliphatic heterocycles. The van der Waals surface area contributed by atoms with Crippen molar-refractivity contribution in [2.75, 3.05) is 0 Å². The standard InChI is InChI=1S/C21H17N5OS/c1-13-12-28-20(24-13)9-19(27)17-7-16(11-26-6-5-22-21(17)26)14-3-4-15-10-23-25(2)18(15)8-14/h3-8,10-12H,9H2,1-2H3. The summed E-state index contributed by atoms with van der Waals surface area (Å²) in [6, 6.07) is 8.14. The fourth-order valence-corrected chi connectivity index (χ4v) is 4.21. The lowest BCUT2D eigenvalue weighted by Gasteiger charge is -2.08. The van der Waals surface area contributed by atoms with Gasteiger partial charge in [-0.05, 0) is 30.2 Å². The minimum Gasteiger partial charge on any atom is -0.306 e. The summed E-state index contributed by atoms with van der Waals surface area (Å²) < 4.78 is 3.76. The number of imidazole rings is 1. The van der Waals surface area contributed by atoms with E-state index in [-0.39, 0.29) is 12.2 Å². The van der Waals surface area contributed by atoms with Crippen molar-refractivity contribution >= 4 is 33.7 Å². The molecule has 0 amide bonds. The molecule has 0 aliphatic rings. The van der Waals surface area contributed by atoms with Crippen molar-refractivity contribution < 1.29 is 4.79 Å². The van der Waals surface area contributed by atoms with Gasteiger partial charge in [-0.3, -0.25) is 9.48 Å². The van der Waals surface area contributed by atoms with E-state index in [1.54, 1.807) is 6.20 Å². The van der Waals surface area contributed by atoms with Crippen LogP contribution in [-0.4, -0.2) is 29.9 Å². The molecule has 138 valence electrons. The SMILES string of the molecule is Cc1csc(CC(=O)c2cc(-c3ccc4cnn(C)c4c3)cn3ccnc23)n1. The number of pyridine rings is 1. The number of rotatable bonds is 4. The van der Waals surface area contributed by atoms with Crippen LogP contribution in [0.3, 0.4) is 0 Å². The first-order valence-corrected chi connectivity index (χ1v) is 9.79. The molecule has 5 aromatic rings. The Hall–Kier alpha value is -3.32. The van der Waals surface area contributed by atoms with Crippen molar-refractivity contribution in [2.24, 2.45) is 7.05 Å². The van der Waals surface area contributed by atoms with Crippen molar-refractivity contribution in [1.82, 2.24) is 24.1 Å². The second-order valence-electron chi connectivity index (χ2n) is 6.82. The zero-order valence-electron chi connectivity index (χ0n) is 15.5. The molecule has 0 saturated carbocycles. The minimum atomic E-state index is 0.0222. The number of aromatic nitrogens is 5. The Morgan fingerprint density at radius 3 is 2.93 bits per heavy atom. The highest BCUT2D eigenvalue weighted by Crippen LogP contribution is 2.27. The normalized spacial score (nSPS) is 11.5. The second kappa shape index (κ2) is 6.38. The Morgan fingerprint density at radius 2 is 2.11 bits per heavy atom. The third-order valence-electron chi connectivity index (χ3n) is 4.85. The first kappa shape index (κ1) is 16.8. The van der Waals surface area contributed by atoms with Crippen LogP contribution < -0.4 is 0 Å². The summed E-state index contributed by atoms with van der Waals surface area (Å²) in [5, 5.41) is 8.19. The van der Waals surface area contributed by atoms with Gasteiger partial charge in [0.05, 0.1) is 23.7 Å². The van der Waals surface area contributed by atoms with E-state index in [9.17, 15) is 4.79 Å². The first-order chi connectivity index (χ1) is 13.6. The maximum Gasteiger partial charge on any atom is 0.173 e. The second-order valence-corrected chi connectivity index (χ2v) is 7.77. The lowest BCUT2D eigenvalue weighted by molar-refractivity contribution is 0.0994. The monoisotopic (exact) mass is 387 g/mol. The zero-order valence-corrected chi connectivity index (χ0v) is 16.3. The van der Waals surface area contributed by atoms with Crippen LogP contribution in [-0.2, 0) is 13.5 Å². The number of benzene rings is 1. The molecular weight excluding hydrogens is 370 g/mol. The molecule has 4 aromatic heterocycles. The Balaban J connectivity index is 1.62. The molecule has 4 heterocycles. The number of aryl methyl sites for hydroxylation is 2. The predicted molar refractivity (Wildman–Crippen MR) is 110 cm³/mol. The van der Waals surface area contributed by atoms with Crippen LogP contribution in [0.1, 0.15) is 21.1 Å². The summed E-state index contributed by atoms with van der Waals surface area (Å²) in [6.07, 6.45) is 7.72. The molecule has 7 heteroatoms. The van der Waals surface area contributed by atoms with Crippen LogP contribution in [0.25, 0.3) is 27.7 Å². The van der Waals surface area contributed by atoms with Gasteiger partial charge in [0.1, 0.15) is 10.7 Å². The van der Waals surface area contributed by atoms with Gasteiger partial charge in [-0.15, -0.1) is 11.3 Å². The van der Waals surface area contributed by atoms with Gasteiger partial charge in [-0.25, -0.2) is 9.97 Å². The number of hydrogen-bond donors (Lipinski definition) is 0. The van der Waals surface area contributed by atoms with Gasteiger partial charge in [-0.1, -0.05) is 12.1 Å². The lowest BCUT2D eigenvalue weighted by Crippen LogP contribution is -2.07. The van der Waals surface area contributed by atoms with E-state index in [4.69, 9.17) is 0 Å². The molecule has 0 spiro atoms. The van der Waals surface area contributed by atoms with Crippen LogP contribution >= 0.6 is 11.3 Å². The van der Waals surface area contributed by atoms with Crippen molar-refractivity contribution in [1.29, 1.82) is 0 Å². The van der Waals surface area contributed by atoms with E-state index in [1.165, 1.54) is 11.3 Å². The van der Waals surface area contributed by atoms with Crippen LogP contribution in [0, 0.1) is 6.92 Å². The molecule has 6 nitrogen and oxygen atoms in total. The zero-order chi connectivity index (χ0) is 19.3. The fraction of sp³-hybridized carbons (Fsp3) is 0.143. The highest BCUT2D eigenvalue weighted by Gasteiger charge is 2.16. The summed E-state index contributed by atoms with van der Waals surface area (Å²) in [6.45, 7) is 1.94. The van der Waals surface area contributed by atoms with Crippen molar-refractivity contribution in [3.63, 3.8) is 0 Å². The van der Waals surface area contributed by atoms with Gasteiger partial charge in [0, 0.05) is 42.1 Å². The van der Waals surface area contributed by atoms with Gasteiger partial charge in [-0.2, -0.15) is 5.10 Å². The van der Waals surface area contributed by atoms with Crippen LogP contribution in [0.15, 0.2) is 54.4 Å². The van der Waals surface area contributed by atoms with Crippen molar-refractivity contribution in [3.8, 4) is 11.1 Å². The molecule has 0 N–H and O–H groups in total. The van der Waals surface area contributed by atoms with E-state index in [1.807, 2.05) is 53.1 Å². The Morgan fingerprint density at radius 1 is 1.21 bits per heavy atom. The van der Waals surface area contributed by atoms with Crippen LogP contribution in [0.4, 0.5) is 0 Å². The van der Waals surface area contributed by atoms with Crippen LogP contribution in [0.2, 0.25) is 0 Å². The number of carbonyl (C=O) groups excluding carboxylic acids is 1. The number of ketones is 1. The molecule has 0 aliphatic carbocycles. The molecular formula is C21H17N5OS. The Bertz CT molecular complexity index is 1340. The van der Waals surface area contributed by atoms with Gasteiger partial charge < -0.3 is 4.40 Å². The Kier molecular flexibility index (Phi) is 3.84. The van der Waals surface area contributed by atoms with Crippen LogP contribution in [0.5, 0.6) is 0 Å². The molecule has 0 unspecified atom stereocenters. The van der Waals surface area contributed by atoms with Crippen molar-refractivity contribution in [3.05, 3.63) is 70.7 Å². The molecule has 0 bridgehead atoms. The lowest BCUT2D eigenvalue weighted by atomic mass is 10.0. The van der Waals surface area contributed by atoms with E-state index >= 15 is 0 Å². The third kappa shape index (κ3) is 2.80. The van der Waals surface area contributed by atoms with Crippen molar-refractivity contribution in [2.45, 2.75) is 13.3 Å². The topological polar surface area (TPSA) is 65.1 Å². The highest BCUT2D eigenvalue weighted by atomic mass is 32.1. The Labute approximate surface area is 165 Å². The summed E-state index contributed by atoms with van der Waals surface area (Å²) in [5.74, 6) is 0.0222. The molecule has 28 heavy (non-hydrogen) atoms. The summed E-state index contributed by atoms with van der Waals surface area (Å²) in [5.41, 5.74) is 5.27. The third-order valence-corrected chi connectivity index (χ3v) is 5.82. The van der Waals surface area contributed by atoms with Gasteiger partial charge in [0.15, 0.2) is 5.78 Å². The number of carbonyl (C=O) groups is 1. The highest BCUT2D eigenvalue weighted by molar-refractivity contribution is 7.09. The summed E-state index contributed by atoms with van der Waals surface area (Å²) in [7, 11) is 1.93. The maximum absolute atomic E-state index is 13.0. The van der Waals surface area contributed by atoms with E-state index in [0.29, 0.717) is 11.2 Å². The van der Waals surface area contributed by atoms with Gasteiger partial charge >= 0.3 is 0 Å². The molecule has 0 fully saturated rings. The number of thiazole rings is 1. The molecule has 5 rings (SSSR count). The number of fused-ring (bicyclic) bond motifs is 2. The van der Waals surface area contributed by atoms with E-state index in [2.05, 4.69) is 33.3 Å². The largest absolute Gasteiger partial charge is 0.306 e. The first-order valence-electron chi connectivity index (χ1n) is 8.91. The maximum atomic E-state index is 13.0. The number of nitrogens with zero attached hydrogens (tertiary/aromatic N) is 5. The smallest absolute Gasteiger partial charge is 0.173 e. The summed E-state index contributed by atoms with van der Waals surface area (Å²) in [4.78, 5) is 21.9. The van der Waals surface area contributed by atoms with E-state index in [0.717, 1.165) is 32.7 Å². The average molecular weight is 387 g/mol. The predicted octanol–water partition coefficient (Wildman–Crippen LogP) is 4.08. The summed E-state index contributed by atoms with van der Waals surface area (Å²) >= 11 is 1.52. The van der Waals surface area contributed by atoms with Gasteiger partial charge in [0.25, 0.3) is 0 Å². The molecule has 0 atom stereocenters. The van der Waals surface area contributed by atoms with Gasteiger partial charge in [0.2, 0.25) is 0 Å².